The minimum Gasteiger partial charge on any atom is -0.359 e. The van der Waals surface area contributed by atoms with Crippen LogP contribution < -0.4 is 5.48 Å². The average Bonchev–Trinajstić information content (AvgIpc) is 3.30. The van der Waals surface area contributed by atoms with Gasteiger partial charge in [0.1, 0.15) is 12.2 Å². The highest BCUT2D eigenvalue weighted by molar-refractivity contribution is 5.98. The molecule has 3 aromatic rings. The Kier molecular flexibility index (Phi) is 4.99. The molecule has 2 heterocycles. The third-order valence-electron chi connectivity index (χ3n) is 4.77. The predicted octanol–water partition coefficient (Wildman–Crippen LogP) is 2.33. The smallest absolute Gasteiger partial charge is 0.349 e. The summed E-state index contributed by atoms with van der Waals surface area (Å²) >= 11 is 0. The highest BCUT2D eigenvalue weighted by atomic mass is 16.6. The quantitative estimate of drug-likeness (QED) is 0.681. The van der Waals surface area contributed by atoms with Crippen LogP contribution in [0, 0.1) is 0 Å². The van der Waals surface area contributed by atoms with Crippen LogP contribution in [0.25, 0.3) is 11.0 Å². The zero-order valence-electron chi connectivity index (χ0n) is 16.2. The number of ether oxygens (including phenoxy) is 1. The Labute approximate surface area is 167 Å². The van der Waals surface area contributed by atoms with Crippen molar-refractivity contribution in [1.82, 2.24) is 25.4 Å². The standard InChI is InChI=1S/C20H21N5O4/c1-20(2)12-28-13-24(20)19(27)25-17-9-8-15(10-16(17)21-23-25)18(26)22-29-11-14-6-4-3-5-7-14/h3-10H,11-13H2,1-2H3,(H,22,26). The Morgan fingerprint density at radius 3 is 2.72 bits per heavy atom. The van der Waals surface area contributed by atoms with Crippen molar-refractivity contribution >= 4 is 23.0 Å². The maximum Gasteiger partial charge on any atom is 0.349 e. The largest absolute Gasteiger partial charge is 0.359 e. The Morgan fingerprint density at radius 1 is 1.21 bits per heavy atom. The first-order chi connectivity index (χ1) is 14.0. The van der Waals surface area contributed by atoms with Crippen molar-refractivity contribution < 1.29 is 19.2 Å². The molecular formula is C20H21N5O4. The normalized spacial score (nSPS) is 15.6. The van der Waals surface area contributed by atoms with E-state index in [9.17, 15) is 9.59 Å². The van der Waals surface area contributed by atoms with E-state index in [-0.39, 0.29) is 19.4 Å². The van der Waals surface area contributed by atoms with Crippen molar-refractivity contribution in [2.24, 2.45) is 0 Å². The summed E-state index contributed by atoms with van der Waals surface area (Å²) in [7, 11) is 0. The molecule has 0 aliphatic carbocycles. The highest BCUT2D eigenvalue weighted by Gasteiger charge is 2.38. The zero-order chi connectivity index (χ0) is 20.4. The average molecular weight is 395 g/mol. The summed E-state index contributed by atoms with van der Waals surface area (Å²) in [6.07, 6.45) is 0. The number of fused-ring (bicyclic) bond motifs is 1. The van der Waals surface area contributed by atoms with E-state index >= 15 is 0 Å². The first-order valence-corrected chi connectivity index (χ1v) is 9.17. The number of aromatic nitrogens is 3. The minimum absolute atomic E-state index is 0.201. The molecule has 9 nitrogen and oxygen atoms in total. The Bertz CT molecular complexity index is 1050. The van der Waals surface area contributed by atoms with Gasteiger partial charge in [-0.25, -0.2) is 10.3 Å². The van der Waals surface area contributed by atoms with Crippen molar-refractivity contribution in [3.05, 3.63) is 59.7 Å². The summed E-state index contributed by atoms with van der Waals surface area (Å²) in [6, 6.07) is 14.0. The number of carbonyl (C=O) groups excluding carboxylic acids is 2. The number of amides is 2. The van der Waals surface area contributed by atoms with Gasteiger partial charge in [-0.2, -0.15) is 4.68 Å². The molecule has 1 N–H and O–H groups in total. The summed E-state index contributed by atoms with van der Waals surface area (Å²) in [4.78, 5) is 32.0. The fraction of sp³-hybridized carbons (Fsp3) is 0.300. The molecule has 9 heteroatoms. The number of hydroxylamine groups is 1. The number of nitrogens with one attached hydrogen (secondary N) is 1. The van der Waals surface area contributed by atoms with Gasteiger partial charge in [-0.1, -0.05) is 35.5 Å². The molecule has 1 fully saturated rings. The molecule has 0 saturated carbocycles. The highest BCUT2D eigenvalue weighted by Crippen LogP contribution is 2.23. The van der Waals surface area contributed by atoms with Gasteiger partial charge in [0.2, 0.25) is 0 Å². The van der Waals surface area contributed by atoms with Gasteiger partial charge in [0.25, 0.3) is 5.91 Å². The van der Waals surface area contributed by atoms with Gasteiger partial charge >= 0.3 is 6.03 Å². The van der Waals surface area contributed by atoms with E-state index in [4.69, 9.17) is 9.57 Å². The molecule has 1 aliphatic heterocycles. The second-order valence-electron chi connectivity index (χ2n) is 7.41. The van der Waals surface area contributed by atoms with E-state index in [2.05, 4.69) is 15.8 Å². The van der Waals surface area contributed by atoms with E-state index in [1.165, 1.54) is 4.68 Å². The zero-order valence-corrected chi connectivity index (χ0v) is 16.2. The van der Waals surface area contributed by atoms with Crippen LogP contribution in [0.4, 0.5) is 4.79 Å². The molecule has 0 spiro atoms. The molecule has 0 unspecified atom stereocenters. The summed E-state index contributed by atoms with van der Waals surface area (Å²) < 4.78 is 6.62. The molecule has 1 aromatic heterocycles. The van der Waals surface area contributed by atoms with E-state index in [1.54, 1.807) is 23.1 Å². The monoisotopic (exact) mass is 395 g/mol. The second-order valence-corrected chi connectivity index (χ2v) is 7.41. The number of carbonyl (C=O) groups is 2. The van der Waals surface area contributed by atoms with Crippen LogP contribution in [-0.2, 0) is 16.2 Å². The van der Waals surface area contributed by atoms with Gasteiger partial charge in [-0.15, -0.1) is 5.10 Å². The number of nitrogens with zero attached hydrogens (tertiary/aromatic N) is 4. The maximum atomic E-state index is 12.8. The second kappa shape index (κ2) is 7.61. The van der Waals surface area contributed by atoms with E-state index in [1.807, 2.05) is 44.2 Å². The van der Waals surface area contributed by atoms with Crippen molar-refractivity contribution in [2.45, 2.75) is 26.0 Å². The summed E-state index contributed by atoms with van der Waals surface area (Å²) in [5, 5.41) is 8.00. The molecule has 4 rings (SSSR count). The molecule has 2 aromatic carbocycles. The maximum absolute atomic E-state index is 12.8. The molecule has 29 heavy (non-hydrogen) atoms. The molecule has 0 bridgehead atoms. The van der Waals surface area contributed by atoms with Gasteiger partial charge in [0, 0.05) is 5.56 Å². The predicted molar refractivity (Wildman–Crippen MR) is 104 cm³/mol. The number of rotatable bonds is 4. The van der Waals surface area contributed by atoms with Crippen LogP contribution in [0.1, 0.15) is 29.8 Å². The lowest BCUT2D eigenvalue weighted by Crippen LogP contribution is -2.46. The Hall–Kier alpha value is -3.30. The molecule has 1 saturated heterocycles. The lowest BCUT2D eigenvalue weighted by atomic mass is 10.1. The third-order valence-corrected chi connectivity index (χ3v) is 4.77. The van der Waals surface area contributed by atoms with Crippen molar-refractivity contribution in [2.75, 3.05) is 13.3 Å². The Balaban J connectivity index is 1.46. The lowest BCUT2D eigenvalue weighted by molar-refractivity contribution is 0.0233. The van der Waals surface area contributed by atoms with Gasteiger partial charge in [0.15, 0.2) is 0 Å². The molecule has 150 valence electrons. The first-order valence-electron chi connectivity index (χ1n) is 9.17. The lowest BCUT2D eigenvalue weighted by Gasteiger charge is -2.28. The van der Waals surface area contributed by atoms with E-state index in [0.717, 1.165) is 5.56 Å². The van der Waals surface area contributed by atoms with E-state index in [0.29, 0.717) is 23.2 Å². The van der Waals surface area contributed by atoms with E-state index < -0.39 is 11.4 Å². The van der Waals surface area contributed by atoms with Crippen LogP contribution in [0.15, 0.2) is 48.5 Å². The third kappa shape index (κ3) is 3.82. The van der Waals surface area contributed by atoms with Gasteiger partial charge in [-0.05, 0) is 37.6 Å². The summed E-state index contributed by atoms with van der Waals surface area (Å²) in [5.41, 5.74) is 4.24. The molecular weight excluding hydrogens is 374 g/mol. The molecule has 0 radical (unpaired) electrons. The first kappa shape index (κ1) is 19.0. The Morgan fingerprint density at radius 2 is 2.00 bits per heavy atom. The van der Waals surface area contributed by atoms with Crippen LogP contribution in [0.3, 0.4) is 0 Å². The van der Waals surface area contributed by atoms with Crippen LogP contribution >= 0.6 is 0 Å². The van der Waals surface area contributed by atoms with Gasteiger partial charge < -0.3 is 4.74 Å². The summed E-state index contributed by atoms with van der Waals surface area (Å²) in [6.45, 7) is 4.77. The van der Waals surface area contributed by atoms with Gasteiger partial charge in [0.05, 0.1) is 24.3 Å². The fourth-order valence-electron chi connectivity index (χ4n) is 3.09. The molecule has 0 atom stereocenters. The minimum atomic E-state index is -0.425. The number of hydrogen-bond donors (Lipinski definition) is 1. The molecule has 1 aliphatic rings. The fourth-order valence-corrected chi connectivity index (χ4v) is 3.09. The van der Waals surface area contributed by atoms with Crippen LogP contribution in [0.5, 0.6) is 0 Å². The van der Waals surface area contributed by atoms with Crippen LogP contribution in [0.2, 0.25) is 0 Å². The number of hydrogen-bond acceptors (Lipinski definition) is 6. The van der Waals surface area contributed by atoms with Crippen molar-refractivity contribution in [1.29, 1.82) is 0 Å². The molecule has 2 amide bonds. The van der Waals surface area contributed by atoms with Gasteiger partial charge in [-0.3, -0.25) is 14.5 Å². The SMILES string of the molecule is CC1(C)COCN1C(=O)n1nnc2cc(C(=O)NOCc3ccccc3)ccc21. The van der Waals surface area contributed by atoms with Crippen LogP contribution in [-0.4, -0.2) is 50.7 Å². The topological polar surface area (TPSA) is 98.6 Å². The van der Waals surface area contributed by atoms with Crippen molar-refractivity contribution in [3.8, 4) is 0 Å². The summed E-state index contributed by atoms with van der Waals surface area (Å²) in [5.74, 6) is -0.405. The van der Waals surface area contributed by atoms with Crippen molar-refractivity contribution in [3.63, 3.8) is 0 Å². The number of benzene rings is 2.